The number of aromatic amines is 1. The van der Waals surface area contributed by atoms with Crippen molar-refractivity contribution in [3.05, 3.63) is 93.2 Å². The lowest BCUT2D eigenvalue weighted by Crippen LogP contribution is -2.32. The number of hydrogen-bond acceptors (Lipinski definition) is 7. The third-order valence-electron chi connectivity index (χ3n) is 6.80. The summed E-state index contributed by atoms with van der Waals surface area (Å²) in [5, 5.41) is 16.6. The van der Waals surface area contributed by atoms with Gasteiger partial charge in [-0.15, -0.1) is 0 Å². The van der Waals surface area contributed by atoms with Crippen molar-refractivity contribution in [3.63, 3.8) is 0 Å². The fraction of sp³-hybridized carbons (Fsp3) is 0.379. The number of benzene rings is 2. The molecule has 2 heterocycles. The molecule has 3 unspecified atom stereocenters. The summed E-state index contributed by atoms with van der Waals surface area (Å²) in [5.41, 5.74) is 3.40. The molecule has 1 fully saturated rings. The van der Waals surface area contributed by atoms with Gasteiger partial charge < -0.3 is 20.7 Å². The lowest BCUT2D eigenvalue weighted by molar-refractivity contribution is 0.381. The number of H-pyrrole nitrogens is 1. The number of halogens is 1. The second kappa shape index (κ2) is 13.0. The maximum absolute atomic E-state index is 13.0. The molecule has 1 aliphatic heterocycles. The Hall–Kier alpha value is -3.52. The molecular weight excluding hydrogens is 519 g/mol. The number of aromatic nitrogens is 2. The van der Waals surface area contributed by atoms with Crippen molar-refractivity contribution in [2.45, 2.75) is 44.3 Å². The molecule has 0 aliphatic carbocycles. The molecule has 3 atom stereocenters. The van der Waals surface area contributed by atoms with E-state index in [0.717, 1.165) is 22.3 Å². The highest BCUT2D eigenvalue weighted by molar-refractivity contribution is 7.91. The van der Waals surface area contributed by atoms with Gasteiger partial charge in [-0.3, -0.25) is 4.79 Å². The van der Waals surface area contributed by atoms with E-state index in [2.05, 4.69) is 32.4 Å². The van der Waals surface area contributed by atoms with Gasteiger partial charge in [0.15, 0.2) is 9.84 Å². The number of rotatable bonds is 10. The molecule has 206 valence electrons. The van der Waals surface area contributed by atoms with Gasteiger partial charge in [0, 0.05) is 48.6 Å². The summed E-state index contributed by atoms with van der Waals surface area (Å²) in [6.07, 6.45) is 2.23. The maximum Gasteiger partial charge on any atom is 0.293 e. The van der Waals surface area contributed by atoms with E-state index in [-0.39, 0.29) is 35.2 Å². The highest BCUT2D eigenvalue weighted by Gasteiger charge is 2.27. The van der Waals surface area contributed by atoms with Crippen LogP contribution < -0.4 is 16.2 Å². The quantitative estimate of drug-likeness (QED) is 0.285. The van der Waals surface area contributed by atoms with Gasteiger partial charge in [0.05, 0.1) is 23.5 Å². The molecule has 0 radical (unpaired) electrons. The fourth-order valence-corrected chi connectivity index (χ4v) is 6.13. The van der Waals surface area contributed by atoms with E-state index in [1.165, 1.54) is 6.33 Å². The van der Waals surface area contributed by atoms with Crippen LogP contribution >= 0.6 is 0 Å². The van der Waals surface area contributed by atoms with Crippen molar-refractivity contribution in [3.8, 4) is 17.6 Å². The minimum Gasteiger partial charge on any atom is -0.502 e. The molecule has 2 aromatic carbocycles. The molecule has 4 N–H and O–H groups in total. The van der Waals surface area contributed by atoms with Gasteiger partial charge >= 0.3 is 0 Å². The van der Waals surface area contributed by atoms with E-state index in [4.69, 9.17) is 0 Å². The van der Waals surface area contributed by atoms with E-state index >= 15 is 0 Å². The van der Waals surface area contributed by atoms with Gasteiger partial charge in [0.2, 0.25) is 5.75 Å². The molecule has 8 nitrogen and oxygen atoms in total. The minimum atomic E-state index is -2.90. The molecule has 0 spiro atoms. The summed E-state index contributed by atoms with van der Waals surface area (Å²) in [6.45, 7) is 2.31. The van der Waals surface area contributed by atoms with Crippen molar-refractivity contribution >= 4 is 9.84 Å². The van der Waals surface area contributed by atoms with Gasteiger partial charge in [-0.2, -0.15) is 0 Å². The van der Waals surface area contributed by atoms with Crippen molar-refractivity contribution in [2.75, 3.05) is 24.7 Å². The molecule has 1 saturated heterocycles. The van der Waals surface area contributed by atoms with E-state index in [1.54, 1.807) is 6.92 Å². The van der Waals surface area contributed by atoms with Gasteiger partial charge in [-0.1, -0.05) is 36.1 Å². The Morgan fingerprint density at radius 2 is 1.79 bits per heavy atom. The number of sulfone groups is 1. The number of nitrogens with zero attached hydrogens (tertiary/aromatic N) is 1. The van der Waals surface area contributed by atoms with Crippen LogP contribution in [0.1, 0.15) is 47.2 Å². The first-order chi connectivity index (χ1) is 18.7. The molecule has 4 rings (SSSR count). The Morgan fingerprint density at radius 1 is 1.13 bits per heavy atom. The van der Waals surface area contributed by atoms with E-state index < -0.39 is 27.8 Å². The van der Waals surface area contributed by atoms with Crippen molar-refractivity contribution < 1.29 is 17.9 Å². The predicted molar refractivity (Wildman–Crippen MR) is 149 cm³/mol. The van der Waals surface area contributed by atoms with Gasteiger partial charge in [-0.05, 0) is 48.7 Å². The topological polar surface area (TPSA) is 124 Å². The summed E-state index contributed by atoms with van der Waals surface area (Å²) >= 11 is 0. The van der Waals surface area contributed by atoms with Crippen LogP contribution in [0.5, 0.6) is 5.75 Å². The van der Waals surface area contributed by atoms with E-state index in [9.17, 15) is 22.7 Å². The van der Waals surface area contributed by atoms with Crippen molar-refractivity contribution in [2.24, 2.45) is 0 Å². The molecule has 39 heavy (non-hydrogen) atoms. The molecule has 0 bridgehead atoms. The first kappa shape index (κ1) is 28.5. The molecule has 3 aromatic rings. The third-order valence-corrected chi connectivity index (χ3v) is 8.57. The monoisotopic (exact) mass is 552 g/mol. The average molecular weight is 553 g/mol. The summed E-state index contributed by atoms with van der Waals surface area (Å²) in [4.78, 5) is 18.2. The number of hydrogen-bond donors (Lipinski definition) is 4. The largest absolute Gasteiger partial charge is 0.502 e. The number of alkyl halides is 1. The maximum atomic E-state index is 13.0. The molecule has 0 saturated carbocycles. The Morgan fingerprint density at radius 3 is 2.41 bits per heavy atom. The Bertz CT molecular complexity index is 1480. The summed E-state index contributed by atoms with van der Waals surface area (Å²) in [5.74, 6) is 6.23. The van der Waals surface area contributed by atoms with Crippen molar-refractivity contribution in [1.82, 2.24) is 20.6 Å². The normalized spacial score (nSPS) is 17.7. The van der Waals surface area contributed by atoms with Gasteiger partial charge in [-0.25, -0.2) is 17.8 Å². The summed E-state index contributed by atoms with van der Waals surface area (Å²) in [6, 6.07) is 15.3. The van der Waals surface area contributed by atoms with Crippen LogP contribution in [0.25, 0.3) is 0 Å². The van der Waals surface area contributed by atoms with Crippen LogP contribution in [0.3, 0.4) is 0 Å². The summed E-state index contributed by atoms with van der Waals surface area (Å²) in [7, 11) is -2.90. The van der Waals surface area contributed by atoms with Crippen LogP contribution in [0, 0.1) is 11.8 Å². The zero-order valence-electron chi connectivity index (χ0n) is 21.8. The third kappa shape index (κ3) is 8.23. The molecule has 1 aromatic heterocycles. The smallest absolute Gasteiger partial charge is 0.293 e. The average Bonchev–Trinajstić information content (AvgIpc) is 3.30. The van der Waals surface area contributed by atoms with Crippen LogP contribution in [-0.4, -0.2) is 60.3 Å². The van der Waals surface area contributed by atoms with Gasteiger partial charge in [0.25, 0.3) is 5.56 Å². The molecular formula is C29H33FN4O4S. The van der Waals surface area contributed by atoms with Gasteiger partial charge in [0.1, 0.15) is 6.67 Å². The SMILES string of the molecule is CC(CF)NCC(Cc1nc[nH]c(=O)c1O)c1ccc(C#Cc2ccc(CNC3CCS(=O)(=O)C3)cc2)cc1. The molecule has 0 amide bonds. The zero-order valence-corrected chi connectivity index (χ0v) is 22.6. The van der Waals surface area contributed by atoms with Crippen molar-refractivity contribution in [1.29, 1.82) is 0 Å². The standard InChI is InChI=1S/C29H33FN4O4S/c1-20(15-30)31-17-25(14-27-28(35)29(36)34-19-33-27)24-10-8-22(9-11-24)3-2-21-4-6-23(7-5-21)16-32-26-12-13-39(37,38)18-26/h4-11,19-20,25-26,31-32,35H,12-18H2,1H3,(H,33,34,36). The van der Waals surface area contributed by atoms with Crippen LogP contribution in [0.2, 0.25) is 0 Å². The van der Waals surface area contributed by atoms with Crippen LogP contribution in [0.4, 0.5) is 4.39 Å². The highest BCUT2D eigenvalue weighted by Crippen LogP contribution is 2.23. The lowest BCUT2D eigenvalue weighted by Gasteiger charge is -2.20. The fourth-order valence-electron chi connectivity index (χ4n) is 4.43. The Labute approximate surface area is 228 Å². The Kier molecular flexibility index (Phi) is 9.51. The van der Waals surface area contributed by atoms with E-state index in [0.29, 0.717) is 25.9 Å². The molecule has 1 aliphatic rings. The Balaban J connectivity index is 1.40. The number of aromatic hydroxyl groups is 1. The van der Waals surface area contributed by atoms with E-state index in [1.807, 2.05) is 48.5 Å². The summed E-state index contributed by atoms with van der Waals surface area (Å²) < 4.78 is 36.2. The first-order valence-electron chi connectivity index (χ1n) is 12.9. The predicted octanol–water partition coefficient (Wildman–Crippen LogP) is 2.43. The lowest BCUT2D eigenvalue weighted by atomic mass is 9.92. The minimum absolute atomic E-state index is 0.0113. The first-order valence-corrected chi connectivity index (χ1v) is 14.7. The van der Waals surface area contributed by atoms with Crippen LogP contribution in [-0.2, 0) is 22.8 Å². The zero-order chi connectivity index (χ0) is 27.8. The van der Waals surface area contributed by atoms with Crippen LogP contribution in [0.15, 0.2) is 59.7 Å². The second-order valence-corrected chi connectivity index (χ2v) is 12.2. The second-order valence-electron chi connectivity index (χ2n) is 9.94. The highest BCUT2D eigenvalue weighted by atomic mass is 32.2. The molecule has 10 heteroatoms. The number of nitrogens with one attached hydrogen (secondary N) is 3.